The second kappa shape index (κ2) is 8.61. The van der Waals surface area contributed by atoms with Crippen molar-refractivity contribution in [3.63, 3.8) is 0 Å². The quantitative estimate of drug-likeness (QED) is 0.367. The molecule has 1 amide bonds. The maximum atomic E-state index is 12.1. The number of amides is 1. The molecule has 0 spiro atoms. The summed E-state index contributed by atoms with van der Waals surface area (Å²) in [6.45, 7) is 1.65. The summed E-state index contributed by atoms with van der Waals surface area (Å²) in [5.74, 6) is -0.0308. The number of benzene rings is 1. The van der Waals surface area contributed by atoms with Gasteiger partial charge in [-0.05, 0) is 26.2 Å². The normalized spacial score (nSPS) is 17.8. The summed E-state index contributed by atoms with van der Waals surface area (Å²) in [7, 11) is -0.946. The highest BCUT2D eigenvalue weighted by atomic mass is 32.2. The molecule has 1 saturated heterocycles. The first-order valence-electron chi connectivity index (χ1n) is 8.12. The Morgan fingerprint density at radius 3 is 2.78 bits per heavy atom. The molecule has 1 unspecified atom stereocenters. The maximum absolute atomic E-state index is 12.1. The van der Waals surface area contributed by atoms with Gasteiger partial charge in [-0.15, -0.1) is 0 Å². The molecule has 0 radical (unpaired) electrons. The van der Waals surface area contributed by atoms with Crippen LogP contribution in [0.4, 0.5) is 11.4 Å². The molecule has 1 aliphatic rings. The summed E-state index contributed by atoms with van der Waals surface area (Å²) in [5.41, 5.74) is -0.394. The number of hydrogen-bond acceptors (Lipinski definition) is 8. The number of likely N-dealkylation sites (N-methyl/N-ethyl adjacent to an activating group) is 1. The number of carbonyl (C=O) groups is 1. The summed E-state index contributed by atoms with van der Waals surface area (Å²) < 4.78 is 36.9. The highest BCUT2D eigenvalue weighted by Gasteiger charge is 2.25. The molecular formula is C15H22N4O7S. The van der Waals surface area contributed by atoms with E-state index in [1.807, 2.05) is 0 Å². The van der Waals surface area contributed by atoms with E-state index >= 15 is 0 Å². The van der Waals surface area contributed by atoms with Crippen LogP contribution in [0.5, 0.6) is 0 Å². The molecule has 0 saturated carbocycles. The minimum Gasteiger partial charge on any atom is -0.377 e. The fourth-order valence-corrected chi connectivity index (χ4v) is 3.14. The van der Waals surface area contributed by atoms with E-state index in [2.05, 4.69) is 5.32 Å². The van der Waals surface area contributed by atoms with Gasteiger partial charge in [0.1, 0.15) is 10.6 Å². The number of hydrogen-bond donors (Lipinski definition) is 2. The third-order valence-corrected chi connectivity index (χ3v) is 4.78. The monoisotopic (exact) mass is 402 g/mol. The number of morpholine rings is 1. The highest BCUT2D eigenvalue weighted by molar-refractivity contribution is 7.85. The largest absolute Gasteiger partial charge is 0.377 e. The van der Waals surface area contributed by atoms with Gasteiger partial charge < -0.3 is 19.9 Å². The number of carbonyl (C=O) groups excluding carboxylic acids is 1. The predicted molar refractivity (Wildman–Crippen MR) is 96.3 cm³/mol. The molecule has 0 aliphatic carbocycles. The lowest BCUT2D eigenvalue weighted by Crippen LogP contribution is -2.50. The first-order valence-corrected chi connectivity index (χ1v) is 9.56. The fourth-order valence-electron chi connectivity index (χ4n) is 2.64. The van der Waals surface area contributed by atoms with Gasteiger partial charge in [-0.1, -0.05) is 0 Å². The summed E-state index contributed by atoms with van der Waals surface area (Å²) in [6, 6.07) is 3.06. The van der Waals surface area contributed by atoms with Crippen molar-refractivity contribution >= 4 is 27.4 Å². The molecule has 11 nitrogen and oxygen atoms in total. The average Bonchev–Trinajstić information content (AvgIpc) is 2.58. The van der Waals surface area contributed by atoms with E-state index in [1.165, 1.54) is 6.07 Å². The number of anilines is 1. The zero-order valence-corrected chi connectivity index (χ0v) is 15.8. The summed E-state index contributed by atoms with van der Waals surface area (Å²) in [5, 5.41) is 14.0. The van der Waals surface area contributed by atoms with Crippen LogP contribution in [0.2, 0.25) is 0 Å². The third-order valence-electron chi connectivity index (χ3n) is 3.93. The molecule has 1 aliphatic heterocycles. The van der Waals surface area contributed by atoms with Gasteiger partial charge in [0.05, 0.1) is 24.2 Å². The topological polar surface area (TPSA) is 142 Å². The number of rotatable bonds is 7. The van der Waals surface area contributed by atoms with Crippen molar-refractivity contribution in [1.82, 2.24) is 9.80 Å². The Kier molecular flexibility index (Phi) is 6.70. The van der Waals surface area contributed by atoms with Crippen LogP contribution in [0, 0.1) is 10.1 Å². The van der Waals surface area contributed by atoms with E-state index in [9.17, 15) is 23.3 Å². The van der Waals surface area contributed by atoms with E-state index in [0.717, 1.165) is 12.1 Å². The Morgan fingerprint density at radius 1 is 1.48 bits per heavy atom. The number of ether oxygens (including phenoxy) is 1. The van der Waals surface area contributed by atoms with Crippen molar-refractivity contribution in [3.8, 4) is 0 Å². The van der Waals surface area contributed by atoms with Gasteiger partial charge in [0.2, 0.25) is 5.91 Å². The van der Waals surface area contributed by atoms with Crippen molar-refractivity contribution in [3.05, 3.63) is 28.3 Å². The van der Waals surface area contributed by atoms with E-state index in [0.29, 0.717) is 19.7 Å². The lowest BCUT2D eigenvalue weighted by atomic mass is 10.2. The van der Waals surface area contributed by atoms with Gasteiger partial charge in [-0.25, -0.2) is 0 Å². The number of nitro groups is 1. The minimum absolute atomic E-state index is 0.0308. The van der Waals surface area contributed by atoms with Crippen molar-refractivity contribution in [1.29, 1.82) is 0 Å². The van der Waals surface area contributed by atoms with E-state index in [-0.39, 0.29) is 30.8 Å². The molecule has 12 heteroatoms. The molecule has 0 aromatic heterocycles. The van der Waals surface area contributed by atoms with E-state index in [4.69, 9.17) is 9.29 Å². The van der Waals surface area contributed by atoms with Crippen LogP contribution in [-0.4, -0.2) is 86.6 Å². The Labute approximate surface area is 156 Å². The number of nitrogens with one attached hydrogen (secondary N) is 1. The first-order chi connectivity index (χ1) is 12.6. The molecule has 1 aromatic rings. The second-order valence-electron chi connectivity index (χ2n) is 6.36. The summed E-state index contributed by atoms with van der Waals surface area (Å²) in [6.07, 6.45) is -0.370. The maximum Gasteiger partial charge on any atom is 0.294 e. The first kappa shape index (κ1) is 21.0. The Morgan fingerprint density at radius 2 is 2.19 bits per heavy atom. The molecule has 150 valence electrons. The molecule has 1 aromatic carbocycles. The van der Waals surface area contributed by atoms with Gasteiger partial charge in [0.15, 0.2) is 0 Å². The van der Waals surface area contributed by atoms with Gasteiger partial charge in [-0.2, -0.15) is 8.42 Å². The molecule has 27 heavy (non-hydrogen) atoms. The smallest absolute Gasteiger partial charge is 0.294 e. The standard InChI is InChI=1S/C15H22N4O7S/c1-17(2)10-15(20)18-5-6-26-11(9-18)8-16-13-4-3-12(27(23,24)25)7-14(13)19(21)22/h3-4,7,11,16H,5-6,8-10H2,1-2H3,(H,23,24,25). The van der Waals surface area contributed by atoms with Crippen LogP contribution in [0.25, 0.3) is 0 Å². The zero-order valence-electron chi connectivity index (χ0n) is 15.0. The zero-order chi connectivity index (χ0) is 20.2. The SMILES string of the molecule is CN(C)CC(=O)N1CCOC(CNc2ccc(S(=O)(=O)O)cc2[N+](=O)[O-])C1. The average molecular weight is 402 g/mol. The Bertz CT molecular complexity index is 812. The van der Waals surface area contributed by atoms with Crippen LogP contribution >= 0.6 is 0 Å². The lowest BCUT2D eigenvalue weighted by molar-refractivity contribution is -0.384. The van der Waals surface area contributed by atoms with Crippen molar-refractivity contribution in [2.24, 2.45) is 0 Å². The summed E-state index contributed by atoms with van der Waals surface area (Å²) >= 11 is 0. The van der Waals surface area contributed by atoms with Crippen molar-refractivity contribution in [2.45, 2.75) is 11.0 Å². The van der Waals surface area contributed by atoms with E-state index < -0.39 is 25.6 Å². The van der Waals surface area contributed by atoms with E-state index in [1.54, 1.807) is 23.9 Å². The van der Waals surface area contributed by atoms with Crippen LogP contribution in [0.1, 0.15) is 0 Å². The van der Waals surface area contributed by atoms with Crippen molar-refractivity contribution < 1.29 is 27.4 Å². The predicted octanol–water partition coefficient (Wildman–Crippen LogP) is 0.0424. The molecule has 1 heterocycles. The van der Waals surface area contributed by atoms with Gasteiger partial charge in [-0.3, -0.25) is 19.5 Å². The van der Waals surface area contributed by atoms with Gasteiger partial charge in [0, 0.05) is 25.7 Å². The third kappa shape index (κ3) is 5.85. The fraction of sp³-hybridized carbons (Fsp3) is 0.533. The van der Waals surface area contributed by atoms with Gasteiger partial charge >= 0.3 is 0 Å². The number of nitro benzene ring substituents is 1. The molecular weight excluding hydrogens is 380 g/mol. The van der Waals surface area contributed by atoms with Crippen molar-refractivity contribution in [2.75, 3.05) is 52.2 Å². The van der Waals surface area contributed by atoms with Crippen LogP contribution in [-0.2, 0) is 19.6 Å². The molecule has 1 fully saturated rings. The Hall–Kier alpha value is -2.28. The molecule has 2 rings (SSSR count). The number of nitrogens with zero attached hydrogens (tertiary/aromatic N) is 3. The van der Waals surface area contributed by atoms with Gasteiger partial charge in [0.25, 0.3) is 15.8 Å². The molecule has 1 atom stereocenters. The second-order valence-corrected chi connectivity index (χ2v) is 7.78. The van der Waals surface area contributed by atoms with Crippen LogP contribution in [0.15, 0.2) is 23.1 Å². The highest BCUT2D eigenvalue weighted by Crippen LogP contribution is 2.27. The lowest BCUT2D eigenvalue weighted by Gasteiger charge is -2.33. The Balaban J connectivity index is 2.05. The van der Waals surface area contributed by atoms with Crippen LogP contribution in [0.3, 0.4) is 0 Å². The van der Waals surface area contributed by atoms with Crippen LogP contribution < -0.4 is 5.32 Å². The minimum atomic E-state index is -4.54. The summed E-state index contributed by atoms with van der Waals surface area (Å²) in [4.78, 5) is 25.5. The molecule has 0 bridgehead atoms. The molecule has 2 N–H and O–H groups in total.